The number of thiophene rings is 1. The first-order valence-corrected chi connectivity index (χ1v) is 11.0. The van der Waals surface area contributed by atoms with Crippen LogP contribution in [0.4, 0.5) is 0 Å². The Morgan fingerprint density at radius 1 is 1.30 bits per heavy atom. The molecule has 0 unspecified atom stereocenters. The lowest BCUT2D eigenvalue weighted by Gasteiger charge is -2.09. The summed E-state index contributed by atoms with van der Waals surface area (Å²) in [7, 11) is 1.63. The normalized spacial score (nSPS) is 11.0. The van der Waals surface area contributed by atoms with Gasteiger partial charge in [0.25, 0.3) is 5.91 Å². The maximum atomic E-state index is 12.7. The van der Waals surface area contributed by atoms with Gasteiger partial charge in [-0.05, 0) is 24.3 Å². The van der Waals surface area contributed by atoms with Crippen molar-refractivity contribution < 1.29 is 9.90 Å². The molecule has 0 atom stereocenters. The van der Waals surface area contributed by atoms with Gasteiger partial charge in [0.05, 0.1) is 10.4 Å². The second-order valence-electron chi connectivity index (χ2n) is 6.80. The van der Waals surface area contributed by atoms with Crippen LogP contribution in [0, 0.1) is 11.3 Å². The fourth-order valence-corrected chi connectivity index (χ4v) is 5.40. The molecule has 1 amide bonds. The number of amides is 1. The molecule has 0 saturated carbocycles. The third-order valence-corrected chi connectivity index (χ3v) is 6.64. The van der Waals surface area contributed by atoms with Crippen molar-refractivity contribution in [1.29, 1.82) is 5.41 Å². The number of carbonyl (C=O) groups excluding carboxylic acids is 1. The second-order valence-corrected chi connectivity index (χ2v) is 9.01. The van der Waals surface area contributed by atoms with Crippen molar-refractivity contribution in [2.75, 3.05) is 19.4 Å². The van der Waals surface area contributed by atoms with Gasteiger partial charge in [-0.2, -0.15) is 0 Å². The van der Waals surface area contributed by atoms with Gasteiger partial charge in [-0.25, -0.2) is 0 Å². The second kappa shape index (κ2) is 10.6. The van der Waals surface area contributed by atoms with Gasteiger partial charge in [0.2, 0.25) is 0 Å². The molecule has 0 aliphatic carbocycles. The van der Waals surface area contributed by atoms with Gasteiger partial charge >= 0.3 is 0 Å². The van der Waals surface area contributed by atoms with Crippen LogP contribution in [0.3, 0.4) is 0 Å². The van der Waals surface area contributed by atoms with Gasteiger partial charge in [-0.15, -0.1) is 23.1 Å². The molecule has 1 heterocycles. The molecule has 146 valence electrons. The van der Waals surface area contributed by atoms with Crippen molar-refractivity contribution >= 4 is 34.7 Å². The van der Waals surface area contributed by atoms with Crippen LogP contribution in [0.1, 0.15) is 52.4 Å². The van der Waals surface area contributed by atoms with Gasteiger partial charge in [0, 0.05) is 41.3 Å². The fourth-order valence-electron chi connectivity index (χ4n) is 2.80. The molecule has 2 aromatic rings. The Morgan fingerprint density at radius 3 is 2.59 bits per heavy atom. The molecule has 0 saturated heterocycles. The summed E-state index contributed by atoms with van der Waals surface area (Å²) < 4.78 is 0. The van der Waals surface area contributed by atoms with Crippen molar-refractivity contribution in [2.45, 2.75) is 38.0 Å². The number of aliphatic hydroxyl groups excluding tert-OH is 1. The van der Waals surface area contributed by atoms with E-state index in [1.54, 1.807) is 30.1 Å². The van der Waals surface area contributed by atoms with E-state index in [4.69, 9.17) is 10.5 Å². The van der Waals surface area contributed by atoms with Gasteiger partial charge < -0.3 is 15.8 Å². The first-order chi connectivity index (χ1) is 13.0. The molecule has 27 heavy (non-hydrogen) atoms. The summed E-state index contributed by atoms with van der Waals surface area (Å²) in [6.07, 6.45) is 2.07. The Hall–Kier alpha value is -1.63. The topological polar surface area (TPSA) is 73.2 Å². The highest BCUT2D eigenvalue weighted by Crippen LogP contribution is 2.39. The molecule has 1 aromatic heterocycles. The lowest BCUT2D eigenvalue weighted by Crippen LogP contribution is -2.21. The Kier molecular flexibility index (Phi) is 8.54. The SMILES string of the molecule is CNC(=O)c1c(C(=N)CC(C)C)sc(Cc2ccccc2)c1SCCCO. The summed E-state index contributed by atoms with van der Waals surface area (Å²) in [5.41, 5.74) is 2.34. The lowest BCUT2D eigenvalue weighted by atomic mass is 10.0. The first kappa shape index (κ1) is 21.7. The average Bonchev–Trinajstić information content (AvgIpc) is 3.00. The molecule has 2 rings (SSSR count). The number of nitrogens with one attached hydrogen (secondary N) is 2. The quantitative estimate of drug-likeness (QED) is 0.308. The van der Waals surface area contributed by atoms with Crippen LogP contribution < -0.4 is 5.32 Å². The van der Waals surface area contributed by atoms with E-state index in [0.717, 1.165) is 26.8 Å². The lowest BCUT2D eigenvalue weighted by molar-refractivity contribution is 0.0960. The van der Waals surface area contributed by atoms with Crippen molar-refractivity contribution in [2.24, 2.45) is 5.92 Å². The molecule has 0 radical (unpaired) electrons. The number of carbonyl (C=O) groups is 1. The molecular formula is C21H28N2O2S2. The summed E-state index contributed by atoms with van der Waals surface area (Å²) in [6.45, 7) is 4.31. The van der Waals surface area contributed by atoms with Crippen LogP contribution in [0.15, 0.2) is 35.2 Å². The van der Waals surface area contributed by atoms with E-state index in [-0.39, 0.29) is 12.5 Å². The Labute approximate surface area is 169 Å². The highest BCUT2D eigenvalue weighted by atomic mass is 32.2. The number of rotatable bonds is 10. The van der Waals surface area contributed by atoms with E-state index < -0.39 is 0 Å². The van der Waals surface area contributed by atoms with E-state index in [9.17, 15) is 4.79 Å². The Morgan fingerprint density at radius 2 is 2.00 bits per heavy atom. The Bertz CT molecular complexity index is 770. The Balaban J connectivity index is 2.49. The molecule has 4 nitrogen and oxygen atoms in total. The van der Waals surface area contributed by atoms with Crippen molar-refractivity contribution in [3.63, 3.8) is 0 Å². The molecule has 1 aromatic carbocycles. The van der Waals surface area contributed by atoms with E-state index >= 15 is 0 Å². The third-order valence-electron chi connectivity index (χ3n) is 4.03. The van der Waals surface area contributed by atoms with Crippen LogP contribution in [-0.4, -0.2) is 36.1 Å². The predicted molar refractivity (Wildman–Crippen MR) is 116 cm³/mol. The molecule has 0 spiro atoms. The minimum absolute atomic E-state index is 0.135. The number of aliphatic hydroxyl groups is 1. The summed E-state index contributed by atoms with van der Waals surface area (Å²) in [5.74, 6) is 0.969. The van der Waals surface area contributed by atoms with E-state index in [1.807, 2.05) is 18.2 Å². The monoisotopic (exact) mass is 404 g/mol. The largest absolute Gasteiger partial charge is 0.396 e. The van der Waals surface area contributed by atoms with E-state index in [0.29, 0.717) is 30.0 Å². The fraction of sp³-hybridized carbons (Fsp3) is 0.429. The minimum atomic E-state index is -0.138. The van der Waals surface area contributed by atoms with Gasteiger partial charge in [0.1, 0.15) is 0 Å². The first-order valence-electron chi connectivity index (χ1n) is 9.21. The van der Waals surface area contributed by atoms with Gasteiger partial charge in [-0.1, -0.05) is 44.2 Å². The zero-order chi connectivity index (χ0) is 19.8. The molecule has 0 bridgehead atoms. The van der Waals surface area contributed by atoms with Crippen LogP contribution in [-0.2, 0) is 6.42 Å². The summed E-state index contributed by atoms with van der Waals surface area (Å²) >= 11 is 3.18. The highest BCUT2D eigenvalue weighted by molar-refractivity contribution is 7.99. The molecule has 0 aliphatic heterocycles. The van der Waals surface area contributed by atoms with Crippen LogP contribution in [0.2, 0.25) is 0 Å². The summed E-state index contributed by atoms with van der Waals surface area (Å²) in [5, 5.41) is 20.4. The molecule has 3 N–H and O–H groups in total. The number of hydrogen-bond donors (Lipinski definition) is 3. The third kappa shape index (κ3) is 5.92. The van der Waals surface area contributed by atoms with Gasteiger partial charge in [-0.3, -0.25) is 4.79 Å². The van der Waals surface area contributed by atoms with Crippen LogP contribution in [0.5, 0.6) is 0 Å². The van der Waals surface area contributed by atoms with Crippen molar-refractivity contribution in [1.82, 2.24) is 5.32 Å². The van der Waals surface area contributed by atoms with Crippen LogP contribution >= 0.6 is 23.1 Å². The zero-order valence-corrected chi connectivity index (χ0v) is 17.8. The van der Waals surface area contributed by atoms with E-state index in [2.05, 4.69) is 31.3 Å². The minimum Gasteiger partial charge on any atom is -0.396 e. The van der Waals surface area contributed by atoms with Crippen molar-refractivity contribution in [3.05, 3.63) is 51.2 Å². The smallest absolute Gasteiger partial charge is 0.253 e. The number of hydrogen-bond acceptors (Lipinski definition) is 5. The molecular weight excluding hydrogens is 376 g/mol. The summed E-state index contributed by atoms with van der Waals surface area (Å²) in [6, 6.07) is 10.2. The van der Waals surface area contributed by atoms with Gasteiger partial charge in [0.15, 0.2) is 0 Å². The molecule has 0 aliphatic rings. The maximum absolute atomic E-state index is 12.7. The van der Waals surface area contributed by atoms with Crippen molar-refractivity contribution in [3.8, 4) is 0 Å². The standard InChI is InChI=1S/C21H28N2O2S2/c1-14(2)12-16(22)19-18(21(25)23-3)20(26-11-7-10-24)17(27-19)13-15-8-5-4-6-9-15/h4-6,8-9,14,22,24H,7,10-13H2,1-3H3,(H,23,25). The number of thioether (sulfide) groups is 1. The number of benzene rings is 1. The predicted octanol–water partition coefficient (Wildman–Crippen LogP) is 4.59. The average molecular weight is 405 g/mol. The molecule has 6 heteroatoms. The van der Waals surface area contributed by atoms with Crippen LogP contribution in [0.25, 0.3) is 0 Å². The zero-order valence-electron chi connectivity index (χ0n) is 16.2. The summed E-state index contributed by atoms with van der Waals surface area (Å²) in [4.78, 5) is 15.5. The highest BCUT2D eigenvalue weighted by Gasteiger charge is 2.26. The maximum Gasteiger partial charge on any atom is 0.253 e. The van der Waals surface area contributed by atoms with E-state index in [1.165, 1.54) is 5.56 Å². The molecule has 0 fully saturated rings.